The number of anilines is 3. The van der Waals surface area contributed by atoms with E-state index in [2.05, 4.69) is 34.7 Å². The molecule has 0 bridgehead atoms. The van der Waals surface area contributed by atoms with Crippen molar-refractivity contribution in [3.8, 4) is 22.7 Å². The fourth-order valence-corrected chi connectivity index (χ4v) is 9.49. The molecule has 1 amide bonds. The highest BCUT2D eigenvalue weighted by atomic mass is 19.4. The highest BCUT2D eigenvalue weighted by Crippen LogP contribution is 2.39. The lowest BCUT2D eigenvalue weighted by Gasteiger charge is -2.37. The first-order valence-electron chi connectivity index (χ1n) is 23.6. The molecule has 368 valence electrons. The molecule has 0 saturated carbocycles. The number of nitrogens with zero attached hydrogens (tertiary/aromatic N) is 13. The van der Waals surface area contributed by atoms with Gasteiger partial charge in [0.05, 0.1) is 65.6 Å². The van der Waals surface area contributed by atoms with E-state index in [1.165, 1.54) is 22.3 Å². The first-order chi connectivity index (χ1) is 34.3. The lowest BCUT2D eigenvalue weighted by molar-refractivity contribution is -0.137. The van der Waals surface area contributed by atoms with Crippen molar-refractivity contribution >= 4 is 51.2 Å². The molecule has 0 atom stereocenters. The molecule has 21 heteroatoms. The molecule has 3 aliphatic rings. The van der Waals surface area contributed by atoms with E-state index in [1.54, 1.807) is 66.9 Å². The molecule has 2 saturated heterocycles. The third-order valence-electron chi connectivity index (χ3n) is 13.5. The molecule has 0 unspecified atom stereocenters. The van der Waals surface area contributed by atoms with Gasteiger partial charge in [0.15, 0.2) is 0 Å². The number of rotatable bonds is 13. The summed E-state index contributed by atoms with van der Waals surface area (Å²) in [5.74, 6) is 1.45. The van der Waals surface area contributed by atoms with Crippen LogP contribution in [-0.4, -0.2) is 146 Å². The monoisotopic (exact) mass is 971 g/mol. The Hall–Kier alpha value is -7.52. The predicted molar refractivity (Wildman–Crippen MR) is 260 cm³/mol. The van der Waals surface area contributed by atoms with Crippen molar-refractivity contribution in [2.45, 2.75) is 32.5 Å². The van der Waals surface area contributed by atoms with E-state index in [-0.39, 0.29) is 36.2 Å². The summed E-state index contributed by atoms with van der Waals surface area (Å²) >= 11 is 0. The smallest absolute Gasteiger partial charge is 0.418 e. The van der Waals surface area contributed by atoms with E-state index in [4.69, 9.17) is 14.5 Å². The molecule has 8 heterocycles. The Morgan fingerprint density at radius 2 is 1.46 bits per heavy atom. The fraction of sp³-hybridized carbons (Fsp3) is 0.380. The second kappa shape index (κ2) is 19.7. The van der Waals surface area contributed by atoms with E-state index in [0.29, 0.717) is 97.5 Å². The summed E-state index contributed by atoms with van der Waals surface area (Å²) < 4.78 is 58.7. The summed E-state index contributed by atoms with van der Waals surface area (Å²) in [6, 6.07) is 13.2. The van der Waals surface area contributed by atoms with Gasteiger partial charge in [-0.05, 0) is 48.9 Å². The second-order valence-corrected chi connectivity index (χ2v) is 17.9. The summed E-state index contributed by atoms with van der Waals surface area (Å²) in [4.78, 5) is 75.9. The van der Waals surface area contributed by atoms with Crippen LogP contribution in [0.5, 0.6) is 5.88 Å². The zero-order chi connectivity index (χ0) is 49.4. The SMILES string of the molecule is COc1ccc(-c2ccc3ncc4c(c3c2)n(-c2ccc(N3CCN(c5ncc6c(n5)CCN(C(=O)c5cnc(N7CCN(CCOCCC(C)=O)CC7)nc5)C6)CC3)c(C(F)(F)F)c2)c(=O)n4C)cn1. The van der Waals surface area contributed by atoms with Crippen LogP contribution in [0.1, 0.15) is 40.5 Å². The van der Waals surface area contributed by atoms with Crippen LogP contribution in [0.2, 0.25) is 0 Å². The molecular weight excluding hydrogens is 920 g/mol. The number of amides is 1. The number of aromatic nitrogens is 8. The molecular formula is C50H52F3N13O5. The van der Waals surface area contributed by atoms with Gasteiger partial charge in [0.1, 0.15) is 5.78 Å². The van der Waals surface area contributed by atoms with Crippen molar-refractivity contribution < 1.29 is 32.2 Å². The number of halogens is 3. The Morgan fingerprint density at radius 1 is 0.746 bits per heavy atom. The van der Waals surface area contributed by atoms with Gasteiger partial charge in [-0.2, -0.15) is 13.2 Å². The zero-order valence-corrected chi connectivity index (χ0v) is 39.6. The summed E-state index contributed by atoms with van der Waals surface area (Å²) in [6.07, 6.45) is 4.32. The molecule has 0 radical (unpaired) electrons. The maximum atomic E-state index is 15.1. The minimum Gasteiger partial charge on any atom is -0.481 e. The van der Waals surface area contributed by atoms with Gasteiger partial charge in [0, 0.05) is 145 Å². The van der Waals surface area contributed by atoms with Gasteiger partial charge in [-0.15, -0.1) is 0 Å². The highest BCUT2D eigenvalue weighted by Gasteiger charge is 2.37. The normalized spacial score (nSPS) is 15.7. The summed E-state index contributed by atoms with van der Waals surface area (Å²) in [5.41, 5.74) is 3.84. The fourth-order valence-electron chi connectivity index (χ4n) is 9.49. The molecule has 5 aromatic heterocycles. The van der Waals surface area contributed by atoms with E-state index < -0.39 is 17.4 Å². The van der Waals surface area contributed by atoms with Crippen LogP contribution in [0.25, 0.3) is 38.8 Å². The number of pyridine rings is 2. The second-order valence-electron chi connectivity index (χ2n) is 17.9. The molecule has 7 aromatic rings. The maximum Gasteiger partial charge on any atom is 0.418 e. The van der Waals surface area contributed by atoms with Crippen molar-refractivity contribution in [3.63, 3.8) is 0 Å². The number of Topliss-reactive ketones (excluding diaryl/α,β-unsaturated/α-hetero) is 1. The number of hydrogen-bond donors (Lipinski definition) is 0. The summed E-state index contributed by atoms with van der Waals surface area (Å²) in [7, 11) is 3.11. The molecule has 71 heavy (non-hydrogen) atoms. The van der Waals surface area contributed by atoms with Crippen molar-refractivity contribution in [1.29, 1.82) is 0 Å². The van der Waals surface area contributed by atoms with Crippen molar-refractivity contribution in [3.05, 3.63) is 112 Å². The Bertz CT molecular complexity index is 3170. The Balaban J connectivity index is 0.788. The van der Waals surface area contributed by atoms with Crippen LogP contribution < -0.4 is 25.1 Å². The van der Waals surface area contributed by atoms with Crippen molar-refractivity contribution in [1.82, 2.24) is 48.8 Å². The van der Waals surface area contributed by atoms with E-state index in [0.717, 1.165) is 61.2 Å². The molecule has 2 fully saturated rings. The quantitative estimate of drug-likeness (QED) is 0.138. The summed E-state index contributed by atoms with van der Waals surface area (Å²) in [5, 5.41) is 0.596. The average Bonchev–Trinajstić information content (AvgIpc) is 3.66. The predicted octanol–water partition coefficient (Wildman–Crippen LogP) is 5.19. The number of benzene rings is 2. The van der Waals surface area contributed by atoms with Crippen LogP contribution in [0.4, 0.5) is 30.8 Å². The van der Waals surface area contributed by atoms with Crippen LogP contribution in [0, 0.1) is 0 Å². The number of imidazole rings is 1. The van der Waals surface area contributed by atoms with Gasteiger partial charge in [-0.25, -0.2) is 29.7 Å². The standard InChI is InChI=1S/C50H52F3N13O5/c1-32(67)11-22-71-23-21-61-13-15-63(16-14-61)47-56-27-35(28-57-47)46(68)65-12-10-40-36(31-65)29-58-48(59-40)64-19-17-62(18-20-64)42-8-6-37(25-39(42)50(51,52)53)66-45-38-24-33(34-5-9-44(70-3)55-26-34)4-7-41(38)54-30-43(45)60(2)49(66)69/h4-9,24-30H,10-23,31H2,1-3H3. The van der Waals surface area contributed by atoms with Crippen molar-refractivity contribution in [2.24, 2.45) is 7.05 Å². The number of piperazine rings is 2. The van der Waals surface area contributed by atoms with Crippen LogP contribution >= 0.6 is 0 Å². The topological polar surface area (TPSA) is 173 Å². The van der Waals surface area contributed by atoms with Crippen LogP contribution in [0.15, 0.2) is 84.3 Å². The number of aryl methyl sites for hydroxylation is 1. The molecule has 0 aliphatic carbocycles. The largest absolute Gasteiger partial charge is 0.481 e. The number of fused-ring (bicyclic) bond motifs is 4. The minimum atomic E-state index is -4.73. The number of carbonyl (C=O) groups is 2. The number of alkyl halides is 3. The molecule has 2 aromatic carbocycles. The first-order valence-corrected chi connectivity index (χ1v) is 23.6. The lowest BCUT2D eigenvalue weighted by atomic mass is 10.0. The Morgan fingerprint density at radius 3 is 2.18 bits per heavy atom. The van der Waals surface area contributed by atoms with Gasteiger partial charge >= 0.3 is 11.9 Å². The Labute approximate surface area is 406 Å². The zero-order valence-electron chi connectivity index (χ0n) is 39.6. The minimum absolute atomic E-state index is 0.0190. The number of methoxy groups -OCH3 is 1. The van der Waals surface area contributed by atoms with Gasteiger partial charge < -0.3 is 29.1 Å². The Kier molecular flexibility index (Phi) is 13.1. The first kappa shape index (κ1) is 47.2. The van der Waals surface area contributed by atoms with Gasteiger partial charge in [-0.3, -0.25) is 28.6 Å². The maximum absolute atomic E-state index is 15.1. The lowest BCUT2D eigenvalue weighted by Crippen LogP contribution is -2.48. The van der Waals surface area contributed by atoms with Gasteiger partial charge in [0.25, 0.3) is 5.91 Å². The van der Waals surface area contributed by atoms with Crippen molar-refractivity contribution in [2.75, 3.05) is 100 Å². The third-order valence-corrected chi connectivity index (χ3v) is 13.5. The average molecular weight is 972 g/mol. The number of hydrogen-bond acceptors (Lipinski definition) is 15. The molecule has 18 nitrogen and oxygen atoms in total. The number of ether oxygens (including phenoxy) is 2. The number of carbonyl (C=O) groups excluding carboxylic acids is 2. The van der Waals surface area contributed by atoms with Gasteiger partial charge in [-0.1, -0.05) is 6.07 Å². The van der Waals surface area contributed by atoms with Crippen LogP contribution in [-0.2, 0) is 35.7 Å². The van der Waals surface area contributed by atoms with E-state index in [1.807, 2.05) is 29.2 Å². The molecule has 0 spiro atoms. The molecule has 10 rings (SSSR count). The summed E-state index contributed by atoms with van der Waals surface area (Å²) in [6.45, 7) is 8.58. The van der Waals surface area contributed by atoms with Gasteiger partial charge in [0.2, 0.25) is 17.8 Å². The molecule has 0 N–H and O–H groups in total. The third kappa shape index (κ3) is 9.70. The number of ketones is 1. The van der Waals surface area contributed by atoms with E-state index in [9.17, 15) is 14.4 Å². The van der Waals surface area contributed by atoms with E-state index >= 15 is 13.2 Å². The highest BCUT2D eigenvalue weighted by molar-refractivity contribution is 6.04. The van der Waals surface area contributed by atoms with Crippen LogP contribution in [0.3, 0.4) is 0 Å². The molecule has 3 aliphatic heterocycles.